The van der Waals surface area contributed by atoms with Gasteiger partial charge in [-0.3, -0.25) is 0 Å². The topological polar surface area (TPSA) is 90.7 Å². The number of esters is 1. The number of allylic oxidation sites excluding steroid dienone is 1. The molecule has 0 spiro atoms. The zero-order valence-corrected chi connectivity index (χ0v) is 6.78. The average Bonchev–Trinajstić information content (AvgIpc) is 2.01. The first kappa shape index (κ1) is 10.3. The molecule has 0 unspecified atom stereocenters. The summed E-state index contributed by atoms with van der Waals surface area (Å²) in [4.78, 5) is 14.1. The number of guanidine groups is 1. The summed E-state index contributed by atoms with van der Waals surface area (Å²) >= 11 is 0. The molecular formula is C7H11N3O2. The van der Waals surface area contributed by atoms with Gasteiger partial charge >= 0.3 is 5.97 Å². The molecule has 0 aromatic carbocycles. The molecule has 12 heavy (non-hydrogen) atoms. The number of carbonyl (C=O) groups is 1. The first-order valence-corrected chi connectivity index (χ1v) is 3.27. The molecule has 5 heteroatoms. The second kappa shape index (κ2) is 6.00. The molecule has 0 aromatic heterocycles. The van der Waals surface area contributed by atoms with Crippen LogP contribution in [0.25, 0.3) is 0 Å². The molecule has 0 aromatic rings. The number of carbonyl (C=O) groups excluding carboxylic acids is 1. The summed E-state index contributed by atoms with van der Waals surface area (Å²) in [6.07, 6.45) is 2.75. The molecule has 0 heterocycles. The smallest absolute Gasteiger partial charge is 0.333 e. The Hall–Kier alpha value is -1.74. The van der Waals surface area contributed by atoms with Crippen LogP contribution < -0.4 is 11.5 Å². The van der Waals surface area contributed by atoms with Gasteiger partial charge in [0.1, 0.15) is 12.8 Å². The predicted molar refractivity (Wildman–Crippen MR) is 45.1 cm³/mol. The minimum absolute atomic E-state index is 0.137. The molecule has 0 atom stereocenters. The minimum Gasteiger partial charge on any atom is -0.425 e. The fraction of sp³-hybridized carbons (Fsp3) is 0.286. The zero-order valence-electron chi connectivity index (χ0n) is 6.78. The third-order valence-electron chi connectivity index (χ3n) is 0.816. The van der Waals surface area contributed by atoms with Crippen molar-refractivity contribution in [1.29, 1.82) is 0 Å². The van der Waals surface area contributed by atoms with Gasteiger partial charge in [-0.15, -0.1) is 0 Å². The SMILES string of the molecule is CC=C=COC(=O)CN=C(N)N. The molecule has 0 rings (SSSR count). The average molecular weight is 169 g/mol. The predicted octanol–water partition coefficient (Wildman–Crippen LogP) is -0.508. The van der Waals surface area contributed by atoms with Crippen LogP contribution >= 0.6 is 0 Å². The van der Waals surface area contributed by atoms with E-state index in [0.717, 1.165) is 6.26 Å². The number of hydrogen-bond donors (Lipinski definition) is 2. The summed E-state index contributed by atoms with van der Waals surface area (Å²) in [6, 6.07) is 0. The van der Waals surface area contributed by atoms with Gasteiger partial charge in [-0.2, -0.15) is 0 Å². The standard InChI is InChI=1S/C7H11N3O2/c1-2-3-4-12-6(11)5-10-7(8)9/h2,4H,5H2,1H3,(H4,8,9,10). The molecule has 66 valence electrons. The van der Waals surface area contributed by atoms with Gasteiger partial charge in [0, 0.05) is 0 Å². The maximum absolute atomic E-state index is 10.7. The lowest BCUT2D eigenvalue weighted by atomic mass is 10.6. The first-order valence-electron chi connectivity index (χ1n) is 3.27. The van der Waals surface area contributed by atoms with Crippen molar-refractivity contribution in [3.8, 4) is 0 Å². The van der Waals surface area contributed by atoms with Crippen LogP contribution in [0.5, 0.6) is 0 Å². The van der Waals surface area contributed by atoms with E-state index in [2.05, 4.69) is 15.5 Å². The summed E-state index contributed by atoms with van der Waals surface area (Å²) in [6.45, 7) is 1.57. The minimum atomic E-state index is -0.530. The van der Waals surface area contributed by atoms with Gasteiger partial charge in [0.2, 0.25) is 0 Å². The molecule has 0 fully saturated rings. The van der Waals surface area contributed by atoms with Gasteiger partial charge in [-0.25, -0.2) is 9.79 Å². The Kier molecular flexibility index (Phi) is 5.13. The van der Waals surface area contributed by atoms with E-state index in [1.165, 1.54) is 0 Å². The van der Waals surface area contributed by atoms with Crippen LogP contribution in [0, 0.1) is 0 Å². The van der Waals surface area contributed by atoms with E-state index in [9.17, 15) is 4.79 Å². The molecule has 0 aliphatic heterocycles. The highest BCUT2D eigenvalue weighted by Crippen LogP contribution is 1.80. The highest BCUT2D eigenvalue weighted by atomic mass is 16.5. The second-order valence-corrected chi connectivity index (χ2v) is 1.80. The van der Waals surface area contributed by atoms with Crippen molar-refractivity contribution >= 4 is 11.9 Å². The van der Waals surface area contributed by atoms with E-state index < -0.39 is 5.97 Å². The van der Waals surface area contributed by atoms with Crippen LogP contribution in [-0.2, 0) is 9.53 Å². The molecule has 5 nitrogen and oxygen atoms in total. The quantitative estimate of drug-likeness (QED) is 0.196. The van der Waals surface area contributed by atoms with Crippen LogP contribution in [0.3, 0.4) is 0 Å². The van der Waals surface area contributed by atoms with Crippen LogP contribution in [0.1, 0.15) is 6.92 Å². The Morgan fingerprint density at radius 3 is 2.83 bits per heavy atom. The number of nitrogens with two attached hydrogens (primary N) is 2. The van der Waals surface area contributed by atoms with Crippen molar-refractivity contribution in [2.75, 3.05) is 6.54 Å². The highest BCUT2D eigenvalue weighted by molar-refractivity contribution is 5.80. The van der Waals surface area contributed by atoms with Gasteiger partial charge in [0.05, 0.1) is 0 Å². The normalized spacial score (nSPS) is 7.75. The maximum atomic E-state index is 10.7. The van der Waals surface area contributed by atoms with Crippen LogP contribution in [0.4, 0.5) is 0 Å². The summed E-state index contributed by atoms with van der Waals surface area (Å²) in [7, 11) is 0. The maximum Gasteiger partial charge on any atom is 0.333 e. The van der Waals surface area contributed by atoms with Crippen molar-refractivity contribution in [2.24, 2.45) is 16.5 Å². The Balaban J connectivity index is 3.76. The number of rotatable bonds is 3. The van der Waals surface area contributed by atoms with Crippen molar-refractivity contribution in [3.05, 3.63) is 18.1 Å². The number of hydrogen-bond acceptors (Lipinski definition) is 3. The van der Waals surface area contributed by atoms with E-state index in [0.29, 0.717) is 0 Å². The van der Waals surface area contributed by atoms with Crippen molar-refractivity contribution < 1.29 is 9.53 Å². The lowest BCUT2D eigenvalue weighted by molar-refractivity contribution is -0.136. The van der Waals surface area contributed by atoms with E-state index in [1.54, 1.807) is 13.0 Å². The molecule has 0 amide bonds. The monoisotopic (exact) mass is 169 g/mol. The number of aliphatic imine (C=N–C) groups is 1. The summed E-state index contributed by atoms with van der Waals surface area (Å²) < 4.78 is 4.51. The summed E-state index contributed by atoms with van der Waals surface area (Å²) in [5.41, 5.74) is 12.5. The number of nitrogens with zero attached hydrogens (tertiary/aromatic N) is 1. The molecule has 0 radical (unpaired) electrons. The van der Waals surface area contributed by atoms with Crippen LogP contribution in [0.15, 0.2) is 23.1 Å². The lowest BCUT2D eigenvalue weighted by Gasteiger charge is -1.93. The Morgan fingerprint density at radius 2 is 2.33 bits per heavy atom. The van der Waals surface area contributed by atoms with Crippen LogP contribution in [-0.4, -0.2) is 18.5 Å². The summed E-state index contributed by atoms with van der Waals surface area (Å²) in [5.74, 6) is -0.667. The van der Waals surface area contributed by atoms with E-state index in [4.69, 9.17) is 11.5 Å². The number of ether oxygens (including phenoxy) is 1. The van der Waals surface area contributed by atoms with Crippen molar-refractivity contribution in [1.82, 2.24) is 0 Å². The van der Waals surface area contributed by atoms with Gasteiger partial charge in [0.15, 0.2) is 5.96 Å². The van der Waals surface area contributed by atoms with E-state index in [1.807, 2.05) is 0 Å². The van der Waals surface area contributed by atoms with Crippen molar-refractivity contribution in [3.63, 3.8) is 0 Å². The van der Waals surface area contributed by atoms with Gasteiger partial charge in [-0.1, -0.05) is 5.73 Å². The Morgan fingerprint density at radius 1 is 1.67 bits per heavy atom. The fourth-order valence-electron chi connectivity index (χ4n) is 0.361. The molecular weight excluding hydrogens is 158 g/mol. The van der Waals surface area contributed by atoms with Crippen LogP contribution in [0.2, 0.25) is 0 Å². The molecule has 0 bridgehead atoms. The van der Waals surface area contributed by atoms with E-state index in [-0.39, 0.29) is 12.5 Å². The summed E-state index contributed by atoms with van der Waals surface area (Å²) in [5, 5.41) is 0. The Bertz CT molecular complexity index is 235. The molecule has 0 saturated carbocycles. The zero-order chi connectivity index (χ0) is 9.40. The first-order chi connectivity index (χ1) is 5.66. The third kappa shape index (κ3) is 6.38. The second-order valence-electron chi connectivity index (χ2n) is 1.80. The molecule has 0 saturated heterocycles. The fourth-order valence-corrected chi connectivity index (χ4v) is 0.361. The molecule has 0 aliphatic rings. The third-order valence-corrected chi connectivity index (χ3v) is 0.816. The Labute approximate surface area is 70.4 Å². The molecule has 0 aliphatic carbocycles. The van der Waals surface area contributed by atoms with E-state index >= 15 is 0 Å². The largest absolute Gasteiger partial charge is 0.425 e. The van der Waals surface area contributed by atoms with Gasteiger partial charge in [0.25, 0.3) is 0 Å². The van der Waals surface area contributed by atoms with Crippen molar-refractivity contribution in [2.45, 2.75) is 6.92 Å². The lowest BCUT2D eigenvalue weighted by Crippen LogP contribution is -2.24. The van der Waals surface area contributed by atoms with Gasteiger partial charge in [-0.05, 0) is 13.0 Å². The molecule has 4 N–H and O–H groups in total. The highest BCUT2D eigenvalue weighted by Gasteiger charge is 1.96. The van der Waals surface area contributed by atoms with Gasteiger partial charge < -0.3 is 16.2 Å².